The van der Waals surface area contributed by atoms with E-state index >= 15 is 0 Å². The number of nitrogens with zero attached hydrogens (tertiary/aromatic N) is 1. The van der Waals surface area contributed by atoms with Gasteiger partial charge in [-0.3, -0.25) is 0 Å². The Balaban J connectivity index is 0. The van der Waals surface area contributed by atoms with Crippen LogP contribution in [0.25, 0.3) is 0 Å². The number of carboxylic acids is 1. The molecule has 0 aromatic carbocycles. The van der Waals surface area contributed by atoms with E-state index in [4.69, 9.17) is 15.5 Å². The monoisotopic (exact) mass is 171 g/mol. The van der Waals surface area contributed by atoms with Crippen molar-refractivity contribution in [1.29, 1.82) is 5.26 Å². The Hall–Kier alpha value is -1.34. The van der Waals surface area contributed by atoms with E-state index in [9.17, 15) is 4.79 Å². The Labute approximate surface area is 71.8 Å². The zero-order valence-electron chi connectivity index (χ0n) is 7.08. The van der Waals surface area contributed by atoms with Crippen LogP contribution in [0.4, 0.5) is 0 Å². The van der Waals surface area contributed by atoms with Crippen molar-refractivity contribution in [2.45, 2.75) is 19.8 Å². The summed E-state index contributed by atoms with van der Waals surface area (Å²) in [4.78, 5) is 9.61. The second kappa shape index (κ2) is 9.66. The van der Waals surface area contributed by atoms with Crippen LogP contribution in [0, 0.1) is 11.3 Å². The first kappa shape index (κ1) is 13.3. The van der Waals surface area contributed by atoms with Crippen LogP contribution in [0.5, 0.6) is 0 Å². The fourth-order valence-corrected chi connectivity index (χ4v) is 0.206. The zero-order chi connectivity index (χ0) is 9.98. The summed E-state index contributed by atoms with van der Waals surface area (Å²) in [7, 11) is 0. The molecule has 0 amide bonds. The maximum Gasteiger partial charge on any atom is 0.345 e. The standard InChI is InChI=1S/C4H3NO2.C4H10O/c1-3(2-5)4(6)7;1-2-3-4-5/h1H2,(H,6,7);5H,2-4H2,1H3. The highest BCUT2D eigenvalue weighted by atomic mass is 16.4. The molecule has 0 aliphatic carbocycles. The van der Waals surface area contributed by atoms with Crippen molar-refractivity contribution in [3.05, 3.63) is 12.2 Å². The highest BCUT2D eigenvalue weighted by Gasteiger charge is 1.97. The van der Waals surface area contributed by atoms with Crippen molar-refractivity contribution < 1.29 is 15.0 Å². The summed E-state index contributed by atoms with van der Waals surface area (Å²) in [5, 5.41) is 23.7. The minimum Gasteiger partial charge on any atom is -0.477 e. The van der Waals surface area contributed by atoms with E-state index in [2.05, 4.69) is 13.5 Å². The number of carbonyl (C=O) groups is 1. The van der Waals surface area contributed by atoms with Gasteiger partial charge in [-0.15, -0.1) is 0 Å². The van der Waals surface area contributed by atoms with E-state index in [1.807, 2.05) is 0 Å². The van der Waals surface area contributed by atoms with Gasteiger partial charge in [0, 0.05) is 6.61 Å². The Morgan fingerprint density at radius 3 is 2.17 bits per heavy atom. The lowest BCUT2D eigenvalue weighted by Crippen LogP contribution is -1.94. The van der Waals surface area contributed by atoms with E-state index in [0.717, 1.165) is 12.8 Å². The van der Waals surface area contributed by atoms with Gasteiger partial charge in [0.2, 0.25) is 0 Å². The number of hydrogen-bond donors (Lipinski definition) is 2. The minimum absolute atomic E-state index is 0.344. The second-order valence-corrected chi connectivity index (χ2v) is 1.97. The molecule has 4 nitrogen and oxygen atoms in total. The lowest BCUT2D eigenvalue weighted by molar-refractivity contribution is -0.132. The molecule has 0 saturated carbocycles. The van der Waals surface area contributed by atoms with Crippen molar-refractivity contribution in [2.24, 2.45) is 0 Å². The Morgan fingerprint density at radius 2 is 2.17 bits per heavy atom. The summed E-state index contributed by atoms with van der Waals surface area (Å²) < 4.78 is 0. The van der Waals surface area contributed by atoms with Gasteiger partial charge in [0.1, 0.15) is 11.6 Å². The largest absolute Gasteiger partial charge is 0.477 e. The van der Waals surface area contributed by atoms with Crippen LogP contribution in [0.1, 0.15) is 19.8 Å². The molecule has 0 bridgehead atoms. The van der Waals surface area contributed by atoms with E-state index in [1.54, 1.807) is 0 Å². The van der Waals surface area contributed by atoms with E-state index < -0.39 is 11.5 Å². The molecule has 0 aromatic heterocycles. The number of hydrogen-bond acceptors (Lipinski definition) is 3. The fraction of sp³-hybridized carbons (Fsp3) is 0.500. The SMILES string of the molecule is C=C(C#N)C(=O)O.CCCCO. The Morgan fingerprint density at radius 1 is 1.67 bits per heavy atom. The Bertz CT molecular complexity index is 179. The molecule has 4 heteroatoms. The number of nitriles is 1. The molecule has 0 aromatic rings. The highest BCUT2D eigenvalue weighted by Crippen LogP contribution is 1.81. The zero-order valence-corrected chi connectivity index (χ0v) is 7.08. The molecular formula is C8H13NO3. The quantitative estimate of drug-likeness (QED) is 0.489. The topological polar surface area (TPSA) is 81.3 Å². The van der Waals surface area contributed by atoms with Crippen LogP contribution in [-0.2, 0) is 4.79 Å². The number of unbranched alkanes of at least 4 members (excludes halogenated alkanes) is 1. The van der Waals surface area contributed by atoms with Crippen LogP contribution in [0.3, 0.4) is 0 Å². The van der Waals surface area contributed by atoms with Gasteiger partial charge in [-0.05, 0) is 6.42 Å². The first-order valence-corrected chi connectivity index (χ1v) is 3.53. The number of aliphatic hydroxyl groups is 1. The summed E-state index contributed by atoms with van der Waals surface area (Å²) in [5.74, 6) is -1.26. The van der Waals surface area contributed by atoms with Crippen molar-refractivity contribution in [2.75, 3.05) is 6.61 Å². The molecule has 0 aliphatic heterocycles. The van der Waals surface area contributed by atoms with Gasteiger partial charge in [-0.25, -0.2) is 4.79 Å². The third-order valence-corrected chi connectivity index (χ3v) is 0.905. The first-order chi connectivity index (χ1) is 5.59. The van der Waals surface area contributed by atoms with Crippen molar-refractivity contribution in [1.82, 2.24) is 0 Å². The molecule has 0 fully saturated rings. The number of rotatable bonds is 3. The lowest BCUT2D eigenvalue weighted by Gasteiger charge is -1.79. The van der Waals surface area contributed by atoms with Gasteiger partial charge < -0.3 is 10.2 Å². The summed E-state index contributed by atoms with van der Waals surface area (Å²) in [6, 6.07) is 1.37. The van der Waals surface area contributed by atoms with Crippen LogP contribution in [-0.4, -0.2) is 22.8 Å². The smallest absolute Gasteiger partial charge is 0.345 e. The maximum absolute atomic E-state index is 9.61. The van der Waals surface area contributed by atoms with Gasteiger partial charge in [0.05, 0.1) is 0 Å². The average Bonchev–Trinajstić information content (AvgIpc) is 2.05. The predicted molar refractivity (Wildman–Crippen MR) is 44.4 cm³/mol. The lowest BCUT2D eigenvalue weighted by atomic mass is 10.4. The van der Waals surface area contributed by atoms with E-state index in [1.165, 1.54) is 6.07 Å². The Kier molecular flexibility index (Phi) is 10.7. The molecule has 0 unspecified atom stereocenters. The summed E-state index contributed by atoms with van der Waals surface area (Å²) >= 11 is 0. The van der Waals surface area contributed by atoms with Crippen LogP contribution in [0.15, 0.2) is 12.2 Å². The molecule has 12 heavy (non-hydrogen) atoms. The molecule has 0 heterocycles. The summed E-state index contributed by atoms with van der Waals surface area (Å²) in [6.07, 6.45) is 2.04. The normalized spacial score (nSPS) is 7.42. The minimum atomic E-state index is -1.26. The molecular weight excluding hydrogens is 158 g/mol. The summed E-state index contributed by atoms with van der Waals surface area (Å²) in [5.41, 5.74) is -0.431. The van der Waals surface area contributed by atoms with Crippen LogP contribution >= 0.6 is 0 Å². The third-order valence-electron chi connectivity index (χ3n) is 0.905. The molecule has 0 radical (unpaired) electrons. The second-order valence-electron chi connectivity index (χ2n) is 1.97. The predicted octanol–water partition coefficient (Wildman–Crippen LogP) is 0.930. The van der Waals surface area contributed by atoms with Gasteiger partial charge >= 0.3 is 5.97 Å². The van der Waals surface area contributed by atoms with Crippen molar-refractivity contribution in [3.63, 3.8) is 0 Å². The van der Waals surface area contributed by atoms with E-state index in [-0.39, 0.29) is 0 Å². The van der Waals surface area contributed by atoms with Crippen LogP contribution < -0.4 is 0 Å². The molecule has 0 rings (SSSR count). The van der Waals surface area contributed by atoms with Gasteiger partial charge in [-0.1, -0.05) is 19.9 Å². The van der Waals surface area contributed by atoms with Crippen molar-refractivity contribution in [3.8, 4) is 6.07 Å². The van der Waals surface area contributed by atoms with E-state index in [0.29, 0.717) is 6.61 Å². The molecule has 0 aliphatic rings. The first-order valence-electron chi connectivity index (χ1n) is 3.53. The van der Waals surface area contributed by atoms with Gasteiger partial charge in [0.25, 0.3) is 0 Å². The third kappa shape index (κ3) is 11.5. The summed E-state index contributed by atoms with van der Waals surface area (Å²) in [6.45, 7) is 5.31. The van der Waals surface area contributed by atoms with Crippen LogP contribution in [0.2, 0.25) is 0 Å². The number of aliphatic carboxylic acids is 1. The molecule has 0 spiro atoms. The van der Waals surface area contributed by atoms with Gasteiger partial charge in [0.15, 0.2) is 0 Å². The molecule has 0 saturated heterocycles. The van der Waals surface area contributed by atoms with Gasteiger partial charge in [-0.2, -0.15) is 5.26 Å². The highest BCUT2D eigenvalue weighted by molar-refractivity contribution is 5.90. The molecule has 68 valence electrons. The average molecular weight is 171 g/mol. The maximum atomic E-state index is 9.61. The number of aliphatic hydroxyl groups excluding tert-OH is 1. The molecule has 0 atom stereocenters. The van der Waals surface area contributed by atoms with Crippen molar-refractivity contribution >= 4 is 5.97 Å². The fourth-order valence-electron chi connectivity index (χ4n) is 0.206. The molecule has 2 N–H and O–H groups in total. The number of carboxylic acid groups (broad SMARTS) is 1.